The van der Waals surface area contributed by atoms with E-state index in [1.165, 1.54) is 29.6 Å². The molecule has 4 nitrogen and oxygen atoms in total. The van der Waals surface area contributed by atoms with Gasteiger partial charge in [0.05, 0.1) is 8.81 Å². The Morgan fingerprint density at radius 1 is 1.33 bits per heavy atom. The fraction of sp³-hybridized carbons (Fsp3) is 0.231. The minimum atomic E-state index is -3.62. The van der Waals surface area contributed by atoms with E-state index >= 15 is 0 Å². The van der Waals surface area contributed by atoms with E-state index in [1.807, 2.05) is 0 Å². The third-order valence-corrected chi connectivity index (χ3v) is 8.03. The smallest absolute Gasteiger partial charge is 0.252 e. The summed E-state index contributed by atoms with van der Waals surface area (Å²) in [7, 11) is -2.10. The van der Waals surface area contributed by atoms with Gasteiger partial charge in [0, 0.05) is 13.1 Å². The summed E-state index contributed by atoms with van der Waals surface area (Å²) in [5.41, 5.74) is 0.792. The highest BCUT2D eigenvalue weighted by molar-refractivity contribution is 9.11. The first-order valence-corrected chi connectivity index (χ1v) is 9.38. The monoisotopic (exact) mass is 409 g/mol. The van der Waals surface area contributed by atoms with Gasteiger partial charge in [0.25, 0.3) is 10.0 Å². The predicted octanol–water partition coefficient (Wildman–Crippen LogP) is 4.25. The van der Waals surface area contributed by atoms with E-state index in [0.717, 1.165) is 16.9 Å². The van der Waals surface area contributed by atoms with E-state index in [0.29, 0.717) is 8.81 Å². The molecule has 1 heterocycles. The van der Waals surface area contributed by atoms with Crippen molar-refractivity contribution in [1.29, 1.82) is 0 Å². The van der Waals surface area contributed by atoms with Gasteiger partial charge in [-0.15, -0.1) is 11.3 Å². The molecule has 1 aromatic heterocycles. The zero-order valence-electron chi connectivity index (χ0n) is 11.2. The van der Waals surface area contributed by atoms with Crippen LogP contribution in [-0.2, 0) is 10.0 Å². The van der Waals surface area contributed by atoms with Gasteiger partial charge < -0.3 is 5.11 Å². The lowest BCUT2D eigenvalue weighted by Gasteiger charge is -2.24. The lowest BCUT2D eigenvalue weighted by molar-refractivity contribution is 0.399. The zero-order chi connectivity index (χ0) is 15.8. The Hall–Kier alpha value is -0.600. The molecule has 0 saturated carbocycles. The largest absolute Gasteiger partial charge is 0.508 e. The molecule has 2 rings (SSSR count). The van der Waals surface area contributed by atoms with E-state index in [-0.39, 0.29) is 16.0 Å². The molecule has 0 saturated heterocycles. The standard InChI is InChI=1S/C13H13BrClNO3S2/c1-8(9-3-5-10(17)6-4-9)16(2)21(18,19)12-7-11(15)13(14)20-12/h3-8,17H,1-2H3. The summed E-state index contributed by atoms with van der Waals surface area (Å²) in [5, 5.41) is 9.68. The number of aromatic hydroxyl groups is 1. The van der Waals surface area contributed by atoms with E-state index in [1.54, 1.807) is 19.1 Å². The summed E-state index contributed by atoms with van der Waals surface area (Å²) in [6.45, 7) is 1.79. The van der Waals surface area contributed by atoms with Crippen molar-refractivity contribution >= 4 is 48.9 Å². The van der Waals surface area contributed by atoms with Crippen molar-refractivity contribution in [2.24, 2.45) is 0 Å². The zero-order valence-corrected chi connectivity index (χ0v) is 15.2. The number of hydrogen-bond acceptors (Lipinski definition) is 4. The molecule has 1 N–H and O–H groups in total. The van der Waals surface area contributed by atoms with Gasteiger partial charge >= 0.3 is 0 Å². The maximum atomic E-state index is 12.6. The van der Waals surface area contributed by atoms with Crippen LogP contribution in [0.1, 0.15) is 18.5 Å². The highest BCUT2D eigenvalue weighted by atomic mass is 79.9. The van der Waals surface area contributed by atoms with Crippen LogP contribution in [0.4, 0.5) is 0 Å². The quantitative estimate of drug-likeness (QED) is 0.819. The molecule has 0 aliphatic rings. The second kappa shape index (κ2) is 6.26. The number of rotatable bonds is 4. The molecule has 1 aromatic carbocycles. The van der Waals surface area contributed by atoms with Crippen LogP contribution >= 0.6 is 38.9 Å². The molecular formula is C13H13BrClNO3S2. The van der Waals surface area contributed by atoms with Gasteiger partial charge in [0.15, 0.2) is 0 Å². The summed E-state index contributed by atoms with van der Waals surface area (Å²) in [5.74, 6) is 0.144. The van der Waals surface area contributed by atoms with Gasteiger partial charge in [-0.3, -0.25) is 0 Å². The first-order valence-electron chi connectivity index (χ1n) is 5.95. The highest BCUT2D eigenvalue weighted by Gasteiger charge is 2.28. The fourth-order valence-corrected chi connectivity index (χ4v) is 5.70. The summed E-state index contributed by atoms with van der Waals surface area (Å²) in [4.78, 5) is 0. The third-order valence-electron chi connectivity index (χ3n) is 3.18. The van der Waals surface area contributed by atoms with Crippen LogP contribution in [0.2, 0.25) is 5.02 Å². The van der Waals surface area contributed by atoms with Crippen molar-refractivity contribution in [2.75, 3.05) is 7.05 Å². The Morgan fingerprint density at radius 3 is 2.38 bits per heavy atom. The Bertz CT molecular complexity index is 724. The topological polar surface area (TPSA) is 57.6 Å². The molecule has 2 aromatic rings. The first-order chi connectivity index (χ1) is 9.73. The Labute approximate surface area is 141 Å². The van der Waals surface area contributed by atoms with Gasteiger partial charge in [0.2, 0.25) is 0 Å². The molecule has 0 aliphatic heterocycles. The predicted molar refractivity (Wildman–Crippen MR) is 88.5 cm³/mol. The number of nitrogens with zero attached hydrogens (tertiary/aromatic N) is 1. The average Bonchev–Trinajstić information content (AvgIpc) is 2.78. The van der Waals surface area contributed by atoms with Crippen LogP contribution < -0.4 is 0 Å². The minimum absolute atomic E-state index is 0.144. The minimum Gasteiger partial charge on any atom is -0.508 e. The molecule has 0 amide bonds. The van der Waals surface area contributed by atoms with Gasteiger partial charge in [-0.05, 0) is 46.6 Å². The van der Waals surface area contributed by atoms with E-state index in [2.05, 4.69) is 15.9 Å². The molecule has 8 heteroatoms. The van der Waals surface area contributed by atoms with Crippen molar-refractivity contribution < 1.29 is 13.5 Å². The number of phenols is 1. The number of phenolic OH excluding ortho intramolecular Hbond substituents is 1. The van der Waals surface area contributed by atoms with Crippen LogP contribution in [0.3, 0.4) is 0 Å². The van der Waals surface area contributed by atoms with Crippen molar-refractivity contribution in [2.45, 2.75) is 17.2 Å². The van der Waals surface area contributed by atoms with Crippen molar-refractivity contribution in [3.63, 3.8) is 0 Å². The highest BCUT2D eigenvalue weighted by Crippen LogP contribution is 2.37. The lowest BCUT2D eigenvalue weighted by atomic mass is 10.1. The van der Waals surface area contributed by atoms with E-state index < -0.39 is 10.0 Å². The van der Waals surface area contributed by atoms with Crippen LogP contribution in [-0.4, -0.2) is 24.9 Å². The number of thiophene rings is 1. The number of sulfonamides is 1. The van der Waals surface area contributed by atoms with E-state index in [9.17, 15) is 13.5 Å². The molecule has 0 spiro atoms. The maximum Gasteiger partial charge on any atom is 0.252 e. The number of hydrogen-bond donors (Lipinski definition) is 1. The Morgan fingerprint density at radius 2 is 1.90 bits per heavy atom. The number of benzene rings is 1. The number of halogens is 2. The molecule has 1 unspecified atom stereocenters. The average molecular weight is 411 g/mol. The van der Waals surface area contributed by atoms with Gasteiger partial charge in [-0.2, -0.15) is 4.31 Å². The van der Waals surface area contributed by atoms with Crippen LogP contribution in [0.25, 0.3) is 0 Å². The maximum absolute atomic E-state index is 12.6. The van der Waals surface area contributed by atoms with Crippen molar-refractivity contribution in [1.82, 2.24) is 4.31 Å². The van der Waals surface area contributed by atoms with Crippen molar-refractivity contribution in [3.05, 3.63) is 44.7 Å². The van der Waals surface area contributed by atoms with Gasteiger partial charge in [-0.25, -0.2) is 8.42 Å². The Balaban J connectivity index is 2.33. The second-order valence-electron chi connectivity index (χ2n) is 4.48. The van der Waals surface area contributed by atoms with Crippen LogP contribution in [0.5, 0.6) is 5.75 Å². The summed E-state index contributed by atoms with van der Waals surface area (Å²) < 4.78 is 27.2. The first kappa shape index (κ1) is 16.8. The second-order valence-corrected chi connectivity index (χ2v) is 9.48. The molecule has 0 aliphatic carbocycles. The Kier molecular flexibility index (Phi) is 4.99. The normalized spacial score (nSPS) is 13.6. The molecule has 1 atom stereocenters. The molecule has 21 heavy (non-hydrogen) atoms. The summed E-state index contributed by atoms with van der Waals surface area (Å²) in [6.07, 6.45) is 0. The van der Waals surface area contributed by atoms with Crippen LogP contribution in [0, 0.1) is 0 Å². The molecule has 0 fully saturated rings. The molecular weight excluding hydrogens is 398 g/mol. The van der Waals surface area contributed by atoms with E-state index in [4.69, 9.17) is 11.6 Å². The summed E-state index contributed by atoms with van der Waals surface area (Å²) >= 11 is 10.2. The van der Waals surface area contributed by atoms with Crippen LogP contribution in [0.15, 0.2) is 38.3 Å². The molecule has 114 valence electrons. The molecule has 0 radical (unpaired) electrons. The van der Waals surface area contributed by atoms with Crippen molar-refractivity contribution in [3.8, 4) is 5.75 Å². The lowest BCUT2D eigenvalue weighted by Crippen LogP contribution is -2.29. The van der Waals surface area contributed by atoms with Gasteiger partial charge in [-0.1, -0.05) is 23.7 Å². The SMILES string of the molecule is CC(c1ccc(O)cc1)N(C)S(=O)(=O)c1cc(Cl)c(Br)s1. The third kappa shape index (κ3) is 3.43. The molecule has 0 bridgehead atoms. The van der Waals surface area contributed by atoms with Gasteiger partial charge in [0.1, 0.15) is 9.96 Å². The summed E-state index contributed by atoms with van der Waals surface area (Å²) in [6, 6.07) is 7.53. The fourth-order valence-electron chi connectivity index (χ4n) is 1.77.